The van der Waals surface area contributed by atoms with E-state index in [1.165, 1.54) is 5.56 Å². The van der Waals surface area contributed by atoms with Gasteiger partial charge in [-0.05, 0) is 43.8 Å². The predicted octanol–water partition coefficient (Wildman–Crippen LogP) is 4.20. The van der Waals surface area contributed by atoms with Crippen molar-refractivity contribution in [3.63, 3.8) is 0 Å². The zero-order valence-corrected chi connectivity index (χ0v) is 14.4. The summed E-state index contributed by atoms with van der Waals surface area (Å²) in [4.78, 5) is 0. The number of hydrogen-bond acceptors (Lipinski definition) is 4. The molecule has 0 aliphatic carbocycles. The van der Waals surface area contributed by atoms with Gasteiger partial charge in [0, 0.05) is 5.56 Å². The maximum absolute atomic E-state index is 5.55. The highest BCUT2D eigenvalue weighted by molar-refractivity contribution is 7.71. The molecule has 0 aliphatic rings. The van der Waals surface area contributed by atoms with E-state index in [-0.39, 0.29) is 0 Å². The van der Waals surface area contributed by atoms with Crippen molar-refractivity contribution in [3.05, 3.63) is 64.4 Å². The van der Waals surface area contributed by atoms with E-state index in [0.29, 0.717) is 17.2 Å². The number of H-pyrrole nitrogens is 1. The van der Waals surface area contributed by atoms with Crippen LogP contribution in [-0.2, 0) is 0 Å². The lowest BCUT2D eigenvalue weighted by Crippen LogP contribution is -1.96. The van der Waals surface area contributed by atoms with E-state index < -0.39 is 0 Å². The molecule has 0 saturated heterocycles. The highest BCUT2D eigenvalue weighted by Crippen LogP contribution is 2.22. The molecule has 0 fully saturated rings. The van der Waals surface area contributed by atoms with E-state index in [4.69, 9.17) is 17.0 Å². The molecule has 0 aliphatic heterocycles. The van der Waals surface area contributed by atoms with Gasteiger partial charge in [0.25, 0.3) is 0 Å². The van der Waals surface area contributed by atoms with E-state index in [2.05, 4.69) is 21.4 Å². The normalized spacial score (nSPS) is 11.1. The molecule has 0 amide bonds. The Morgan fingerprint density at radius 2 is 2.08 bits per heavy atom. The number of hydrogen-bond donors (Lipinski definition) is 1. The third-order valence-electron chi connectivity index (χ3n) is 3.42. The van der Waals surface area contributed by atoms with Gasteiger partial charge in [-0.25, -0.2) is 5.10 Å². The molecule has 1 N–H and O–H groups in total. The molecule has 0 atom stereocenters. The second-order valence-electron chi connectivity index (χ2n) is 5.28. The Balaban J connectivity index is 1.97. The molecule has 6 heteroatoms. The quantitative estimate of drug-likeness (QED) is 0.560. The number of rotatable bonds is 5. The molecule has 0 saturated carbocycles. The van der Waals surface area contributed by atoms with Gasteiger partial charge >= 0.3 is 0 Å². The van der Waals surface area contributed by atoms with Crippen LogP contribution < -0.4 is 4.74 Å². The largest absolute Gasteiger partial charge is 0.494 e. The molecule has 0 radical (unpaired) electrons. The van der Waals surface area contributed by atoms with E-state index in [9.17, 15) is 0 Å². The van der Waals surface area contributed by atoms with Gasteiger partial charge in [0.2, 0.25) is 4.77 Å². The SMILES string of the molecule is CCOc1cccc(-c2n[nH]c(=S)n2N=Cc2cccc(C)c2)c1. The van der Waals surface area contributed by atoms with Crippen molar-refractivity contribution in [2.75, 3.05) is 6.61 Å². The van der Waals surface area contributed by atoms with Gasteiger partial charge in [0.05, 0.1) is 12.8 Å². The lowest BCUT2D eigenvalue weighted by Gasteiger charge is -2.05. The molecule has 0 unspecified atom stereocenters. The van der Waals surface area contributed by atoms with Crippen LogP contribution in [0.2, 0.25) is 0 Å². The Kier molecular flexibility index (Phi) is 4.86. The van der Waals surface area contributed by atoms with Gasteiger partial charge in [-0.3, -0.25) is 0 Å². The molecular formula is C18H18N4OS. The summed E-state index contributed by atoms with van der Waals surface area (Å²) in [6.07, 6.45) is 1.77. The highest BCUT2D eigenvalue weighted by Gasteiger charge is 2.09. The molecule has 0 spiro atoms. The number of ether oxygens (including phenoxy) is 1. The Labute approximate surface area is 145 Å². The number of aromatic amines is 1. The summed E-state index contributed by atoms with van der Waals surface area (Å²) >= 11 is 5.30. The molecule has 2 aromatic carbocycles. The fraction of sp³-hybridized carbons (Fsp3) is 0.167. The summed E-state index contributed by atoms with van der Waals surface area (Å²) in [7, 11) is 0. The molecule has 3 aromatic rings. The minimum atomic E-state index is 0.440. The first-order chi connectivity index (χ1) is 11.7. The molecule has 5 nitrogen and oxygen atoms in total. The van der Waals surface area contributed by atoms with Crippen molar-refractivity contribution in [2.45, 2.75) is 13.8 Å². The maximum atomic E-state index is 5.55. The first-order valence-corrected chi connectivity index (χ1v) is 8.10. The Hall–Kier alpha value is -2.73. The molecular weight excluding hydrogens is 320 g/mol. The lowest BCUT2D eigenvalue weighted by molar-refractivity contribution is 0.340. The van der Waals surface area contributed by atoms with Crippen LogP contribution in [0.25, 0.3) is 11.4 Å². The number of aromatic nitrogens is 3. The van der Waals surface area contributed by atoms with Gasteiger partial charge in [0.15, 0.2) is 5.82 Å². The first-order valence-electron chi connectivity index (χ1n) is 7.69. The van der Waals surface area contributed by atoms with Crippen molar-refractivity contribution >= 4 is 18.4 Å². The van der Waals surface area contributed by atoms with Gasteiger partial charge in [-0.2, -0.15) is 14.9 Å². The fourth-order valence-electron chi connectivity index (χ4n) is 2.35. The number of benzene rings is 2. The van der Waals surface area contributed by atoms with Gasteiger partial charge in [-0.15, -0.1) is 0 Å². The fourth-order valence-corrected chi connectivity index (χ4v) is 2.53. The number of aryl methyl sites for hydroxylation is 1. The lowest BCUT2D eigenvalue weighted by atomic mass is 10.2. The minimum absolute atomic E-state index is 0.440. The standard InChI is InChI=1S/C18H18N4OS/c1-3-23-16-9-5-8-15(11-16)17-20-21-18(24)22(17)19-12-14-7-4-6-13(2)10-14/h4-12H,3H2,1-2H3,(H,21,24). The smallest absolute Gasteiger partial charge is 0.216 e. The third-order valence-corrected chi connectivity index (χ3v) is 3.68. The Bertz CT molecular complexity index is 927. The van der Waals surface area contributed by atoms with E-state index >= 15 is 0 Å². The zero-order chi connectivity index (χ0) is 16.9. The Morgan fingerprint density at radius 3 is 2.88 bits per heavy atom. The van der Waals surface area contributed by atoms with Gasteiger partial charge in [-0.1, -0.05) is 42.0 Å². The number of nitrogens with zero attached hydrogens (tertiary/aromatic N) is 3. The van der Waals surface area contributed by atoms with E-state index in [1.807, 2.05) is 56.3 Å². The Morgan fingerprint density at radius 1 is 1.25 bits per heavy atom. The third kappa shape index (κ3) is 3.60. The van der Waals surface area contributed by atoms with Crippen LogP contribution >= 0.6 is 12.2 Å². The summed E-state index contributed by atoms with van der Waals surface area (Å²) < 4.78 is 7.60. The summed E-state index contributed by atoms with van der Waals surface area (Å²) in [6.45, 7) is 4.61. The van der Waals surface area contributed by atoms with Crippen molar-refractivity contribution in [2.24, 2.45) is 5.10 Å². The second kappa shape index (κ2) is 7.23. The summed E-state index contributed by atoms with van der Waals surface area (Å²) in [6, 6.07) is 15.8. The first kappa shape index (κ1) is 16.1. The van der Waals surface area contributed by atoms with E-state index in [1.54, 1.807) is 10.9 Å². The van der Waals surface area contributed by atoms with Crippen molar-refractivity contribution in [3.8, 4) is 17.1 Å². The van der Waals surface area contributed by atoms with E-state index in [0.717, 1.165) is 16.9 Å². The van der Waals surface area contributed by atoms with Crippen molar-refractivity contribution in [1.82, 2.24) is 14.9 Å². The predicted molar refractivity (Wildman–Crippen MR) is 98.2 cm³/mol. The average Bonchev–Trinajstić information content (AvgIpc) is 2.94. The monoisotopic (exact) mass is 338 g/mol. The highest BCUT2D eigenvalue weighted by atomic mass is 32.1. The zero-order valence-electron chi connectivity index (χ0n) is 13.6. The molecule has 3 rings (SSSR count). The van der Waals surface area contributed by atoms with Crippen LogP contribution in [0.15, 0.2) is 53.6 Å². The van der Waals surface area contributed by atoms with Crippen LogP contribution in [-0.4, -0.2) is 27.7 Å². The summed E-state index contributed by atoms with van der Waals surface area (Å²) in [5, 5.41) is 11.6. The van der Waals surface area contributed by atoms with Gasteiger partial charge < -0.3 is 4.74 Å². The molecule has 1 heterocycles. The minimum Gasteiger partial charge on any atom is -0.494 e. The second-order valence-corrected chi connectivity index (χ2v) is 5.67. The topological polar surface area (TPSA) is 55.2 Å². The summed E-state index contributed by atoms with van der Waals surface area (Å²) in [5.41, 5.74) is 3.07. The average molecular weight is 338 g/mol. The van der Waals surface area contributed by atoms with Gasteiger partial charge in [0.1, 0.15) is 5.75 Å². The van der Waals surface area contributed by atoms with Crippen LogP contribution in [0.1, 0.15) is 18.1 Å². The van der Waals surface area contributed by atoms with Crippen LogP contribution in [0, 0.1) is 11.7 Å². The molecule has 1 aromatic heterocycles. The maximum Gasteiger partial charge on any atom is 0.216 e. The number of nitrogens with one attached hydrogen (secondary N) is 1. The molecule has 24 heavy (non-hydrogen) atoms. The van der Waals surface area contributed by atoms with Crippen molar-refractivity contribution in [1.29, 1.82) is 0 Å². The molecule has 122 valence electrons. The van der Waals surface area contributed by atoms with Crippen LogP contribution in [0.3, 0.4) is 0 Å². The van der Waals surface area contributed by atoms with Crippen molar-refractivity contribution < 1.29 is 4.74 Å². The van der Waals surface area contributed by atoms with Crippen LogP contribution in [0.5, 0.6) is 5.75 Å². The summed E-state index contributed by atoms with van der Waals surface area (Å²) in [5.74, 6) is 1.43. The van der Waals surface area contributed by atoms with Crippen LogP contribution in [0.4, 0.5) is 0 Å². The molecule has 0 bridgehead atoms.